The van der Waals surface area contributed by atoms with E-state index in [0.717, 1.165) is 6.42 Å². The maximum atomic E-state index is 12.9. The van der Waals surface area contributed by atoms with Gasteiger partial charge in [-0.1, -0.05) is 19.1 Å². The van der Waals surface area contributed by atoms with Crippen LogP contribution in [0.15, 0.2) is 42.6 Å². The predicted molar refractivity (Wildman–Crippen MR) is 88.6 cm³/mol. The van der Waals surface area contributed by atoms with Crippen molar-refractivity contribution in [1.82, 2.24) is 4.98 Å². The van der Waals surface area contributed by atoms with Gasteiger partial charge < -0.3 is 14.4 Å². The minimum absolute atomic E-state index is 0.129. The normalized spacial score (nSPS) is 16.6. The van der Waals surface area contributed by atoms with Crippen LogP contribution in [0.3, 0.4) is 0 Å². The van der Waals surface area contributed by atoms with Crippen molar-refractivity contribution < 1.29 is 27.4 Å². The summed E-state index contributed by atoms with van der Waals surface area (Å²) in [5.74, 6) is 0.138. The zero-order valence-corrected chi connectivity index (χ0v) is 14.0. The molecule has 0 spiro atoms. The topological polar surface area (TPSA) is 51.7 Å². The number of halogens is 3. The molecule has 0 N–H and O–H groups in total. The third kappa shape index (κ3) is 4.07. The number of amides is 1. The van der Waals surface area contributed by atoms with Crippen LogP contribution >= 0.6 is 0 Å². The molecule has 1 aliphatic heterocycles. The molecule has 8 heteroatoms. The number of alkyl halides is 3. The van der Waals surface area contributed by atoms with Crippen molar-refractivity contribution in [2.75, 3.05) is 18.1 Å². The third-order valence-electron chi connectivity index (χ3n) is 3.90. The lowest BCUT2D eigenvalue weighted by molar-refractivity contribution is -0.154. The predicted octanol–water partition coefficient (Wildman–Crippen LogP) is 3.84. The van der Waals surface area contributed by atoms with Gasteiger partial charge in [-0.15, -0.1) is 0 Å². The summed E-state index contributed by atoms with van der Waals surface area (Å²) in [6, 6.07) is 9.87. The quantitative estimate of drug-likeness (QED) is 0.825. The van der Waals surface area contributed by atoms with E-state index >= 15 is 0 Å². The lowest BCUT2D eigenvalue weighted by Gasteiger charge is -2.34. The molecule has 0 saturated carbocycles. The van der Waals surface area contributed by atoms with Gasteiger partial charge in [0.25, 0.3) is 5.91 Å². The Morgan fingerprint density at radius 2 is 2.08 bits per heavy atom. The summed E-state index contributed by atoms with van der Waals surface area (Å²) < 4.78 is 46.9. The van der Waals surface area contributed by atoms with Crippen molar-refractivity contribution in [2.24, 2.45) is 0 Å². The van der Waals surface area contributed by atoms with Gasteiger partial charge in [0.1, 0.15) is 11.9 Å². The fourth-order valence-electron chi connectivity index (χ4n) is 2.61. The van der Waals surface area contributed by atoms with E-state index in [0.29, 0.717) is 18.0 Å². The monoisotopic (exact) mass is 366 g/mol. The molecule has 1 aromatic heterocycles. The van der Waals surface area contributed by atoms with E-state index in [1.165, 1.54) is 18.3 Å². The molecule has 0 fully saturated rings. The van der Waals surface area contributed by atoms with Gasteiger partial charge in [-0.05, 0) is 24.6 Å². The van der Waals surface area contributed by atoms with E-state index in [2.05, 4.69) is 9.72 Å². The number of hydrogen-bond donors (Lipinski definition) is 0. The highest BCUT2D eigenvalue weighted by atomic mass is 19.4. The largest absolute Gasteiger partial charge is 0.486 e. The summed E-state index contributed by atoms with van der Waals surface area (Å²) >= 11 is 0. The van der Waals surface area contributed by atoms with Crippen LogP contribution in [0.25, 0.3) is 0 Å². The van der Waals surface area contributed by atoms with Crippen molar-refractivity contribution in [3.05, 3.63) is 48.2 Å². The number of nitrogens with zero attached hydrogens (tertiary/aromatic N) is 2. The molecule has 0 radical (unpaired) electrons. The van der Waals surface area contributed by atoms with E-state index in [9.17, 15) is 18.0 Å². The number of pyridine rings is 1. The molecular formula is C18H17F3N2O3. The van der Waals surface area contributed by atoms with E-state index in [1.54, 1.807) is 23.1 Å². The molecule has 138 valence electrons. The summed E-state index contributed by atoms with van der Waals surface area (Å²) in [6.45, 7) is 0.927. The zero-order chi connectivity index (χ0) is 18.7. The van der Waals surface area contributed by atoms with E-state index in [4.69, 9.17) is 4.74 Å². The molecule has 1 amide bonds. The van der Waals surface area contributed by atoms with Crippen LogP contribution < -0.4 is 14.4 Å². The standard InChI is InChI=1S/C18H17F3N2O3/c1-2-13-10-23(14-5-3-4-6-15(14)26-13)17(24)12-7-8-16(22-9-12)25-11-18(19,20)21/h3-9,13H,2,10-11H2,1H3. The molecule has 0 bridgehead atoms. The number of benzene rings is 1. The molecule has 2 heterocycles. The first kappa shape index (κ1) is 18.0. The first-order chi connectivity index (χ1) is 12.4. The molecule has 2 aromatic rings. The van der Waals surface area contributed by atoms with Crippen molar-refractivity contribution in [3.8, 4) is 11.6 Å². The highest BCUT2D eigenvalue weighted by Gasteiger charge is 2.30. The Morgan fingerprint density at radius 3 is 2.73 bits per heavy atom. The van der Waals surface area contributed by atoms with E-state index in [-0.39, 0.29) is 23.5 Å². The number of carbonyl (C=O) groups excluding carboxylic acids is 1. The van der Waals surface area contributed by atoms with Crippen molar-refractivity contribution in [2.45, 2.75) is 25.6 Å². The van der Waals surface area contributed by atoms with Crippen LogP contribution in [0.4, 0.5) is 18.9 Å². The van der Waals surface area contributed by atoms with Gasteiger partial charge in [0.15, 0.2) is 6.61 Å². The summed E-state index contributed by atoms with van der Waals surface area (Å²) in [4.78, 5) is 18.3. The minimum atomic E-state index is -4.44. The average Bonchev–Trinajstić information content (AvgIpc) is 2.64. The Hall–Kier alpha value is -2.77. The summed E-state index contributed by atoms with van der Waals surface area (Å²) in [6.07, 6.45) is -2.62. The molecule has 1 aliphatic rings. The Kier molecular flexibility index (Phi) is 5.01. The fourth-order valence-corrected chi connectivity index (χ4v) is 2.61. The molecule has 3 rings (SSSR count). The van der Waals surface area contributed by atoms with Gasteiger partial charge in [0.05, 0.1) is 17.8 Å². The van der Waals surface area contributed by atoms with Gasteiger partial charge in [-0.25, -0.2) is 4.98 Å². The molecule has 1 atom stereocenters. The number of ether oxygens (including phenoxy) is 2. The number of rotatable bonds is 4. The minimum Gasteiger partial charge on any atom is -0.486 e. The lowest BCUT2D eigenvalue weighted by Crippen LogP contribution is -2.43. The van der Waals surface area contributed by atoms with Crippen molar-refractivity contribution in [3.63, 3.8) is 0 Å². The number of anilines is 1. The van der Waals surface area contributed by atoms with Crippen LogP contribution in [0.5, 0.6) is 11.6 Å². The van der Waals surface area contributed by atoms with Crippen LogP contribution in [0.1, 0.15) is 23.7 Å². The number of fused-ring (bicyclic) bond motifs is 1. The molecule has 1 aromatic carbocycles. The Morgan fingerprint density at radius 1 is 1.31 bits per heavy atom. The van der Waals surface area contributed by atoms with E-state index in [1.807, 2.05) is 13.0 Å². The maximum Gasteiger partial charge on any atom is 0.422 e. The first-order valence-corrected chi connectivity index (χ1v) is 8.10. The maximum absolute atomic E-state index is 12.9. The van der Waals surface area contributed by atoms with Crippen molar-refractivity contribution in [1.29, 1.82) is 0 Å². The second-order valence-electron chi connectivity index (χ2n) is 5.82. The Labute approximate surface area is 148 Å². The summed E-state index contributed by atoms with van der Waals surface area (Å²) in [7, 11) is 0. The number of para-hydroxylation sites is 2. The molecule has 0 saturated heterocycles. The summed E-state index contributed by atoms with van der Waals surface area (Å²) in [5.41, 5.74) is 0.913. The Balaban J connectivity index is 1.78. The Bertz CT molecular complexity index is 778. The van der Waals surface area contributed by atoms with Gasteiger partial charge in [0.2, 0.25) is 5.88 Å². The second-order valence-corrected chi connectivity index (χ2v) is 5.82. The van der Waals surface area contributed by atoms with Gasteiger partial charge in [-0.3, -0.25) is 4.79 Å². The van der Waals surface area contributed by atoms with Crippen LogP contribution in [-0.2, 0) is 0 Å². The lowest BCUT2D eigenvalue weighted by atomic mass is 10.1. The molecule has 0 aliphatic carbocycles. The smallest absolute Gasteiger partial charge is 0.422 e. The number of hydrogen-bond acceptors (Lipinski definition) is 4. The first-order valence-electron chi connectivity index (χ1n) is 8.10. The highest BCUT2D eigenvalue weighted by Crippen LogP contribution is 2.34. The average molecular weight is 366 g/mol. The molecular weight excluding hydrogens is 349 g/mol. The third-order valence-corrected chi connectivity index (χ3v) is 3.90. The van der Waals surface area contributed by atoms with Gasteiger partial charge >= 0.3 is 6.18 Å². The summed E-state index contributed by atoms with van der Waals surface area (Å²) in [5, 5.41) is 0. The number of aromatic nitrogens is 1. The van der Waals surface area contributed by atoms with Crippen LogP contribution in [-0.4, -0.2) is 36.3 Å². The molecule has 1 unspecified atom stereocenters. The second kappa shape index (κ2) is 7.23. The zero-order valence-electron chi connectivity index (χ0n) is 14.0. The van der Waals surface area contributed by atoms with Crippen LogP contribution in [0, 0.1) is 0 Å². The van der Waals surface area contributed by atoms with Crippen molar-refractivity contribution >= 4 is 11.6 Å². The molecule has 5 nitrogen and oxygen atoms in total. The SMILES string of the molecule is CCC1CN(C(=O)c2ccc(OCC(F)(F)F)nc2)c2ccccc2O1. The van der Waals surface area contributed by atoms with Gasteiger partial charge in [0, 0.05) is 12.3 Å². The van der Waals surface area contributed by atoms with Crippen LogP contribution in [0.2, 0.25) is 0 Å². The van der Waals surface area contributed by atoms with E-state index < -0.39 is 12.8 Å². The highest BCUT2D eigenvalue weighted by molar-refractivity contribution is 6.07. The fraction of sp³-hybridized carbons (Fsp3) is 0.333. The molecule has 26 heavy (non-hydrogen) atoms. The van der Waals surface area contributed by atoms with Gasteiger partial charge in [-0.2, -0.15) is 13.2 Å². The number of carbonyl (C=O) groups is 1.